The van der Waals surface area contributed by atoms with Crippen LogP contribution in [0.2, 0.25) is 0 Å². The van der Waals surface area contributed by atoms with E-state index in [1.807, 2.05) is 4.90 Å². The van der Waals surface area contributed by atoms with Crippen molar-refractivity contribution in [3.05, 3.63) is 17.0 Å². The van der Waals surface area contributed by atoms with Crippen LogP contribution in [0.25, 0.3) is 0 Å². The van der Waals surface area contributed by atoms with Gasteiger partial charge in [-0.2, -0.15) is 0 Å². The molecule has 1 aromatic rings. The monoisotopic (exact) mass is 364 g/mol. The number of hydrogen-bond acceptors (Lipinski definition) is 4. The molecule has 2 aliphatic rings. The van der Waals surface area contributed by atoms with E-state index in [1.54, 1.807) is 11.4 Å². The van der Waals surface area contributed by atoms with Crippen LogP contribution in [-0.4, -0.2) is 40.9 Å². The number of carbonyl (C=O) groups excluding carboxylic acids is 2. The van der Waals surface area contributed by atoms with Crippen molar-refractivity contribution in [2.24, 2.45) is 11.8 Å². The molecule has 1 aromatic heterocycles. The Morgan fingerprint density at radius 2 is 1.72 bits per heavy atom. The molecule has 0 unspecified atom stereocenters. The molecule has 0 spiro atoms. The number of thiophene rings is 1. The van der Waals surface area contributed by atoms with Crippen LogP contribution in [0.4, 0.5) is 5.00 Å². The summed E-state index contributed by atoms with van der Waals surface area (Å²) in [7, 11) is 0. The molecule has 2 fully saturated rings. The number of hydrogen-bond donors (Lipinski definition) is 2. The Labute approximate surface area is 151 Å². The van der Waals surface area contributed by atoms with E-state index in [2.05, 4.69) is 5.32 Å². The molecule has 1 aliphatic heterocycles. The minimum atomic E-state index is -0.907. The Balaban J connectivity index is 1.70. The number of anilines is 1. The second-order valence-corrected chi connectivity index (χ2v) is 7.76. The van der Waals surface area contributed by atoms with Crippen molar-refractivity contribution in [2.75, 3.05) is 18.4 Å². The number of rotatable bonds is 4. The molecule has 7 heteroatoms. The van der Waals surface area contributed by atoms with Gasteiger partial charge in [0.25, 0.3) is 5.91 Å². The second kappa shape index (κ2) is 7.99. The van der Waals surface area contributed by atoms with E-state index in [0.717, 1.165) is 45.2 Å². The zero-order valence-corrected chi connectivity index (χ0v) is 15.0. The first-order valence-electron chi connectivity index (χ1n) is 8.98. The lowest BCUT2D eigenvalue weighted by atomic mass is 9.79. The smallest absolute Gasteiger partial charge is 0.307 e. The lowest BCUT2D eigenvalue weighted by Crippen LogP contribution is -2.37. The normalized spacial score (nSPS) is 23.9. The van der Waals surface area contributed by atoms with Crippen LogP contribution in [-0.2, 0) is 9.59 Å². The number of carboxylic acid groups (broad SMARTS) is 1. The van der Waals surface area contributed by atoms with E-state index < -0.39 is 17.8 Å². The molecule has 2 N–H and O–H groups in total. The molecule has 2 amide bonds. The molecule has 1 saturated heterocycles. The molecular formula is C18H24N2O4S. The maximum atomic E-state index is 12.7. The first-order chi connectivity index (χ1) is 12.1. The average Bonchev–Trinajstić information content (AvgIpc) is 3.09. The molecule has 2 atom stereocenters. The molecule has 0 radical (unpaired) electrons. The summed E-state index contributed by atoms with van der Waals surface area (Å²) < 4.78 is 0. The summed E-state index contributed by atoms with van der Waals surface area (Å²) in [6.07, 6.45) is 6.01. The zero-order chi connectivity index (χ0) is 17.8. The van der Waals surface area contributed by atoms with Gasteiger partial charge in [-0.1, -0.05) is 12.8 Å². The molecule has 0 bridgehead atoms. The quantitative estimate of drug-likeness (QED) is 0.859. The fourth-order valence-electron chi connectivity index (χ4n) is 3.79. The number of carboxylic acids is 1. The van der Waals surface area contributed by atoms with Gasteiger partial charge < -0.3 is 15.3 Å². The van der Waals surface area contributed by atoms with Crippen LogP contribution in [0, 0.1) is 11.8 Å². The van der Waals surface area contributed by atoms with Crippen LogP contribution in [0.1, 0.15) is 55.3 Å². The molecule has 0 aromatic carbocycles. The third-order valence-electron chi connectivity index (χ3n) is 5.20. The Bertz CT molecular complexity index is 651. The molecular weight excluding hydrogens is 340 g/mol. The molecule has 136 valence electrons. The van der Waals surface area contributed by atoms with E-state index >= 15 is 0 Å². The number of nitrogens with zero attached hydrogens (tertiary/aromatic N) is 1. The van der Waals surface area contributed by atoms with Gasteiger partial charge in [-0.15, -0.1) is 11.3 Å². The van der Waals surface area contributed by atoms with Crippen molar-refractivity contribution >= 4 is 34.1 Å². The highest BCUT2D eigenvalue weighted by molar-refractivity contribution is 7.14. The third-order valence-corrected chi connectivity index (χ3v) is 6.03. The summed E-state index contributed by atoms with van der Waals surface area (Å²) in [6, 6.07) is 1.74. The van der Waals surface area contributed by atoms with E-state index in [9.17, 15) is 19.5 Å². The molecule has 3 rings (SSSR count). The van der Waals surface area contributed by atoms with Crippen LogP contribution in [0.5, 0.6) is 0 Å². The van der Waals surface area contributed by atoms with Crippen LogP contribution >= 0.6 is 11.3 Å². The van der Waals surface area contributed by atoms with E-state index in [4.69, 9.17) is 0 Å². The standard InChI is InChI=1S/C18H24N2O4S/c21-15(12-6-2-3-7-13(12)18(23)24)19-16-14(8-11-25-16)17(22)20-9-4-1-5-10-20/h8,11-13H,1-7,9-10H2,(H,19,21)(H,23,24)/t12-,13-/m1/s1. The fourth-order valence-corrected chi connectivity index (χ4v) is 4.57. The van der Waals surface area contributed by atoms with Gasteiger partial charge in [0.1, 0.15) is 5.00 Å². The van der Waals surface area contributed by atoms with E-state index in [0.29, 0.717) is 23.4 Å². The molecule has 2 heterocycles. The van der Waals surface area contributed by atoms with Crippen LogP contribution < -0.4 is 5.32 Å². The lowest BCUT2D eigenvalue weighted by Gasteiger charge is -2.28. The van der Waals surface area contributed by atoms with Gasteiger partial charge in [-0.3, -0.25) is 14.4 Å². The largest absolute Gasteiger partial charge is 0.481 e. The Morgan fingerprint density at radius 1 is 1.04 bits per heavy atom. The highest BCUT2D eigenvalue weighted by atomic mass is 32.1. The summed E-state index contributed by atoms with van der Waals surface area (Å²) in [6.45, 7) is 1.51. The van der Waals surface area contributed by atoms with Crippen LogP contribution in [0.15, 0.2) is 11.4 Å². The van der Waals surface area contributed by atoms with Crippen molar-refractivity contribution in [2.45, 2.75) is 44.9 Å². The SMILES string of the molecule is O=C(O)[C@@H]1CCCC[C@H]1C(=O)Nc1sccc1C(=O)N1CCCCC1. The second-order valence-electron chi connectivity index (χ2n) is 6.84. The van der Waals surface area contributed by atoms with Gasteiger partial charge in [-0.25, -0.2) is 0 Å². The predicted octanol–water partition coefficient (Wildman–Crippen LogP) is 3.20. The first kappa shape index (κ1) is 17.9. The maximum Gasteiger partial charge on any atom is 0.307 e. The van der Waals surface area contributed by atoms with Gasteiger partial charge in [0, 0.05) is 13.1 Å². The van der Waals surface area contributed by atoms with Crippen molar-refractivity contribution in [3.8, 4) is 0 Å². The van der Waals surface area contributed by atoms with Crippen molar-refractivity contribution in [1.82, 2.24) is 4.90 Å². The summed E-state index contributed by atoms with van der Waals surface area (Å²) in [5.74, 6) is -2.38. The van der Waals surface area contributed by atoms with Gasteiger partial charge in [-0.05, 0) is 43.6 Å². The van der Waals surface area contributed by atoms with Gasteiger partial charge in [0.2, 0.25) is 5.91 Å². The molecule has 1 saturated carbocycles. The molecule has 25 heavy (non-hydrogen) atoms. The minimum absolute atomic E-state index is 0.0466. The number of amides is 2. The Morgan fingerprint density at radius 3 is 2.40 bits per heavy atom. The highest BCUT2D eigenvalue weighted by Crippen LogP contribution is 2.33. The Hall–Kier alpha value is -1.89. The average molecular weight is 364 g/mol. The van der Waals surface area contributed by atoms with E-state index in [-0.39, 0.29) is 11.8 Å². The van der Waals surface area contributed by atoms with Gasteiger partial charge >= 0.3 is 5.97 Å². The lowest BCUT2D eigenvalue weighted by molar-refractivity contribution is -0.147. The number of piperidine rings is 1. The zero-order valence-electron chi connectivity index (χ0n) is 14.2. The summed E-state index contributed by atoms with van der Waals surface area (Å²) in [5, 5.41) is 14.5. The third kappa shape index (κ3) is 4.03. The van der Waals surface area contributed by atoms with Gasteiger partial charge in [0.05, 0.1) is 17.4 Å². The van der Waals surface area contributed by atoms with Crippen molar-refractivity contribution in [3.63, 3.8) is 0 Å². The number of carbonyl (C=O) groups is 3. The minimum Gasteiger partial charge on any atom is -0.481 e. The number of aliphatic carboxylic acids is 1. The van der Waals surface area contributed by atoms with Crippen molar-refractivity contribution in [1.29, 1.82) is 0 Å². The Kier molecular flexibility index (Phi) is 5.73. The summed E-state index contributed by atoms with van der Waals surface area (Å²) in [4.78, 5) is 38.6. The topological polar surface area (TPSA) is 86.7 Å². The molecule has 1 aliphatic carbocycles. The van der Waals surface area contributed by atoms with E-state index in [1.165, 1.54) is 11.3 Å². The first-order valence-corrected chi connectivity index (χ1v) is 9.86. The molecule has 6 nitrogen and oxygen atoms in total. The van der Waals surface area contributed by atoms with Gasteiger partial charge in [0.15, 0.2) is 0 Å². The number of likely N-dealkylation sites (tertiary alicyclic amines) is 1. The summed E-state index contributed by atoms with van der Waals surface area (Å²) in [5.41, 5.74) is 0.517. The summed E-state index contributed by atoms with van der Waals surface area (Å²) >= 11 is 1.32. The van der Waals surface area contributed by atoms with Crippen LogP contribution in [0.3, 0.4) is 0 Å². The fraction of sp³-hybridized carbons (Fsp3) is 0.611. The maximum absolute atomic E-state index is 12.7. The number of nitrogens with one attached hydrogen (secondary N) is 1. The predicted molar refractivity (Wildman–Crippen MR) is 95.8 cm³/mol. The highest BCUT2D eigenvalue weighted by Gasteiger charge is 2.36. The van der Waals surface area contributed by atoms with Crippen molar-refractivity contribution < 1.29 is 19.5 Å².